The molecule has 0 aliphatic rings. The fourth-order valence-electron chi connectivity index (χ4n) is 3.74. The number of carbonyl (C=O) groups excluding carboxylic acids is 2. The number of benzene rings is 2. The van der Waals surface area contributed by atoms with Crippen molar-refractivity contribution in [2.45, 2.75) is 32.6 Å². The van der Waals surface area contributed by atoms with Gasteiger partial charge in [0.05, 0.1) is 16.2 Å². The molecule has 8 heteroatoms. The van der Waals surface area contributed by atoms with E-state index in [-0.39, 0.29) is 22.1 Å². The zero-order valence-corrected chi connectivity index (χ0v) is 19.1. The van der Waals surface area contributed by atoms with Crippen LogP contribution >= 0.6 is 0 Å². The molecule has 0 fully saturated rings. The molecule has 0 amide bonds. The molecule has 7 nitrogen and oxygen atoms in total. The maximum atomic E-state index is 13.5. The standard InChI is InChI=1S/C23H24N2O5S/c1-13-12-18(14(2)15(3)21(13)31(6,28)29)20(26)19-16(4)24-25(5)22(19)30-23(27)17-10-8-7-9-11-17/h7-12H,1-6H3. The van der Waals surface area contributed by atoms with E-state index in [1.165, 1.54) is 4.68 Å². The number of aromatic nitrogens is 2. The van der Waals surface area contributed by atoms with Crippen molar-refractivity contribution in [2.24, 2.45) is 7.05 Å². The van der Waals surface area contributed by atoms with Crippen LogP contribution in [0.2, 0.25) is 0 Å². The Kier molecular flexibility index (Phi) is 5.87. The summed E-state index contributed by atoms with van der Waals surface area (Å²) in [6, 6.07) is 10.0. The number of ketones is 1. The Morgan fingerprint density at radius 1 is 1.00 bits per heavy atom. The molecule has 31 heavy (non-hydrogen) atoms. The number of sulfone groups is 1. The minimum Gasteiger partial charge on any atom is -0.403 e. The highest BCUT2D eigenvalue weighted by Gasteiger charge is 2.28. The first-order valence-electron chi connectivity index (χ1n) is 9.59. The molecule has 0 radical (unpaired) electrons. The van der Waals surface area contributed by atoms with Crippen LogP contribution < -0.4 is 4.74 Å². The molecule has 0 atom stereocenters. The van der Waals surface area contributed by atoms with E-state index in [1.54, 1.807) is 71.1 Å². The molecule has 1 heterocycles. The highest BCUT2D eigenvalue weighted by Crippen LogP contribution is 2.31. The van der Waals surface area contributed by atoms with Crippen LogP contribution in [0, 0.1) is 27.7 Å². The van der Waals surface area contributed by atoms with Crippen molar-refractivity contribution in [2.75, 3.05) is 6.26 Å². The average Bonchev–Trinajstić information content (AvgIpc) is 2.96. The van der Waals surface area contributed by atoms with E-state index >= 15 is 0 Å². The Morgan fingerprint density at radius 2 is 1.61 bits per heavy atom. The summed E-state index contributed by atoms with van der Waals surface area (Å²) in [6.45, 7) is 6.71. The molecule has 1 aromatic heterocycles. The fourth-order valence-corrected chi connectivity index (χ4v) is 5.09. The number of ether oxygens (including phenoxy) is 1. The van der Waals surface area contributed by atoms with Crippen molar-refractivity contribution >= 4 is 21.6 Å². The van der Waals surface area contributed by atoms with Crippen molar-refractivity contribution in [1.82, 2.24) is 9.78 Å². The summed E-state index contributed by atoms with van der Waals surface area (Å²) in [5.41, 5.74) is 2.83. The quantitative estimate of drug-likeness (QED) is 0.445. The van der Waals surface area contributed by atoms with Crippen molar-refractivity contribution < 1.29 is 22.7 Å². The molecule has 3 aromatic rings. The first kappa shape index (κ1) is 22.4. The van der Waals surface area contributed by atoms with Gasteiger partial charge in [-0.3, -0.25) is 4.79 Å². The largest absolute Gasteiger partial charge is 0.403 e. The van der Waals surface area contributed by atoms with Crippen LogP contribution in [-0.4, -0.2) is 36.2 Å². The number of carbonyl (C=O) groups is 2. The summed E-state index contributed by atoms with van der Waals surface area (Å²) in [7, 11) is -1.86. The van der Waals surface area contributed by atoms with Gasteiger partial charge in [-0.25, -0.2) is 17.9 Å². The van der Waals surface area contributed by atoms with Gasteiger partial charge in [0.25, 0.3) is 0 Å². The van der Waals surface area contributed by atoms with E-state index in [9.17, 15) is 18.0 Å². The second-order valence-corrected chi connectivity index (χ2v) is 9.52. The van der Waals surface area contributed by atoms with E-state index in [0.717, 1.165) is 6.26 Å². The first-order chi connectivity index (χ1) is 14.4. The van der Waals surface area contributed by atoms with Gasteiger partial charge in [0, 0.05) is 18.9 Å². The molecular weight excluding hydrogens is 416 g/mol. The summed E-state index contributed by atoms with van der Waals surface area (Å²) >= 11 is 0. The van der Waals surface area contributed by atoms with Crippen molar-refractivity contribution in [3.05, 3.63) is 75.5 Å². The van der Waals surface area contributed by atoms with Crippen molar-refractivity contribution in [3.63, 3.8) is 0 Å². The van der Waals surface area contributed by atoms with Gasteiger partial charge in [-0.15, -0.1) is 0 Å². The Morgan fingerprint density at radius 3 is 2.19 bits per heavy atom. The smallest absolute Gasteiger partial charge is 0.344 e. The predicted octanol–water partition coefficient (Wildman–Crippen LogP) is 3.51. The Bertz CT molecular complexity index is 1310. The van der Waals surface area contributed by atoms with Crippen LogP contribution in [0.3, 0.4) is 0 Å². The van der Waals surface area contributed by atoms with Crippen LogP contribution in [0.4, 0.5) is 0 Å². The van der Waals surface area contributed by atoms with Crippen LogP contribution in [0.25, 0.3) is 0 Å². The van der Waals surface area contributed by atoms with Crippen LogP contribution in [0.15, 0.2) is 41.3 Å². The molecule has 0 aliphatic heterocycles. The third-order valence-electron chi connectivity index (χ3n) is 5.24. The minimum atomic E-state index is -3.45. The second-order valence-electron chi connectivity index (χ2n) is 7.57. The fraction of sp³-hybridized carbons (Fsp3) is 0.261. The molecular formula is C23H24N2O5S. The normalized spacial score (nSPS) is 11.4. The molecule has 3 rings (SSSR count). The lowest BCUT2D eigenvalue weighted by atomic mass is 9.94. The van der Waals surface area contributed by atoms with Gasteiger partial charge in [-0.2, -0.15) is 5.10 Å². The molecule has 2 aromatic carbocycles. The monoisotopic (exact) mass is 440 g/mol. The average molecular weight is 441 g/mol. The minimum absolute atomic E-state index is 0.0400. The summed E-state index contributed by atoms with van der Waals surface area (Å²) in [6.07, 6.45) is 1.15. The molecule has 0 spiro atoms. The molecule has 0 aliphatic carbocycles. The summed E-state index contributed by atoms with van der Waals surface area (Å²) in [5.74, 6) is -0.947. The molecule has 0 bridgehead atoms. The van der Waals surface area contributed by atoms with Crippen LogP contribution in [-0.2, 0) is 16.9 Å². The second kappa shape index (κ2) is 8.11. The lowest BCUT2D eigenvalue weighted by Crippen LogP contribution is -2.15. The molecule has 162 valence electrons. The summed E-state index contributed by atoms with van der Waals surface area (Å²) < 4.78 is 31.3. The van der Waals surface area contributed by atoms with Gasteiger partial charge in [0.1, 0.15) is 5.56 Å². The van der Waals surface area contributed by atoms with Gasteiger partial charge < -0.3 is 4.74 Å². The van der Waals surface area contributed by atoms with Crippen molar-refractivity contribution in [3.8, 4) is 5.88 Å². The van der Waals surface area contributed by atoms with E-state index in [0.29, 0.717) is 33.5 Å². The van der Waals surface area contributed by atoms with E-state index < -0.39 is 15.8 Å². The van der Waals surface area contributed by atoms with Gasteiger partial charge in [-0.1, -0.05) is 18.2 Å². The topological polar surface area (TPSA) is 95.3 Å². The third kappa shape index (κ3) is 4.16. The number of esters is 1. The van der Waals surface area contributed by atoms with Gasteiger partial charge in [0.15, 0.2) is 9.84 Å². The van der Waals surface area contributed by atoms with E-state index in [4.69, 9.17) is 4.74 Å². The number of hydrogen-bond acceptors (Lipinski definition) is 6. The highest BCUT2D eigenvalue weighted by atomic mass is 32.2. The Hall–Kier alpha value is -3.26. The molecule has 0 saturated heterocycles. The molecule has 0 unspecified atom stereocenters. The maximum Gasteiger partial charge on any atom is 0.344 e. The van der Waals surface area contributed by atoms with Gasteiger partial charge in [0.2, 0.25) is 11.7 Å². The number of hydrogen-bond donors (Lipinski definition) is 0. The SMILES string of the molecule is Cc1cc(C(=O)c2c(C)nn(C)c2OC(=O)c2ccccc2)c(C)c(C)c1S(C)(=O)=O. The van der Waals surface area contributed by atoms with Gasteiger partial charge >= 0.3 is 5.97 Å². The zero-order valence-electron chi connectivity index (χ0n) is 18.3. The molecule has 0 saturated carbocycles. The van der Waals surface area contributed by atoms with Gasteiger partial charge in [-0.05, 0) is 62.6 Å². The van der Waals surface area contributed by atoms with Crippen LogP contribution in [0.1, 0.15) is 48.7 Å². The predicted molar refractivity (Wildman–Crippen MR) is 117 cm³/mol. The lowest BCUT2D eigenvalue weighted by molar-refractivity contribution is 0.0718. The highest BCUT2D eigenvalue weighted by molar-refractivity contribution is 7.90. The Labute approximate surface area is 181 Å². The number of aryl methyl sites for hydroxylation is 3. The first-order valence-corrected chi connectivity index (χ1v) is 11.5. The number of rotatable bonds is 5. The number of nitrogens with zero attached hydrogens (tertiary/aromatic N) is 2. The summed E-state index contributed by atoms with van der Waals surface area (Å²) in [4.78, 5) is 26.3. The Balaban J connectivity index is 2.11. The molecule has 0 N–H and O–H groups in total. The maximum absolute atomic E-state index is 13.5. The summed E-state index contributed by atoms with van der Waals surface area (Å²) in [5, 5.41) is 4.26. The van der Waals surface area contributed by atoms with E-state index in [1.807, 2.05) is 0 Å². The third-order valence-corrected chi connectivity index (χ3v) is 6.61. The van der Waals surface area contributed by atoms with Crippen molar-refractivity contribution in [1.29, 1.82) is 0 Å². The lowest BCUT2D eigenvalue weighted by Gasteiger charge is -2.15. The zero-order chi connectivity index (χ0) is 23.1. The van der Waals surface area contributed by atoms with Crippen LogP contribution in [0.5, 0.6) is 5.88 Å². The van der Waals surface area contributed by atoms with E-state index in [2.05, 4.69) is 5.10 Å².